The molecule has 0 amide bonds. The van der Waals surface area contributed by atoms with E-state index in [0.29, 0.717) is 54.9 Å². The van der Waals surface area contributed by atoms with Crippen molar-refractivity contribution in [1.82, 2.24) is 4.90 Å². The van der Waals surface area contributed by atoms with Gasteiger partial charge >= 0.3 is 0 Å². The Balaban J connectivity index is 0.000000149. The van der Waals surface area contributed by atoms with Crippen LogP contribution in [0.1, 0.15) is 64.9 Å². The SMILES string of the molecule is O=C(CCCN1CCC(O)(c2ccc(Cl)cc2)CC1)c1ccc(F)cc1.c1cc2c(cc1C1OCC3C(c4ccc5c(c4)OCO5)OCC13)OCO2. The smallest absolute Gasteiger partial charge is 0.231 e. The number of ketones is 1. The van der Waals surface area contributed by atoms with Gasteiger partial charge < -0.3 is 38.4 Å². The predicted molar refractivity (Wildman–Crippen MR) is 190 cm³/mol. The Morgan fingerprint density at radius 2 is 1.29 bits per heavy atom. The monoisotopic (exact) mass is 729 g/mol. The van der Waals surface area contributed by atoms with Crippen molar-refractivity contribution < 1.29 is 42.7 Å². The summed E-state index contributed by atoms with van der Waals surface area (Å²) in [5.41, 5.74) is 2.91. The lowest BCUT2D eigenvalue weighted by molar-refractivity contribution is -0.0260. The minimum absolute atomic E-state index is 0.0218. The molecule has 3 fully saturated rings. The predicted octanol–water partition coefficient (Wildman–Crippen LogP) is 7.64. The normalized spacial score (nSPS) is 23.9. The van der Waals surface area contributed by atoms with Gasteiger partial charge in [-0.1, -0.05) is 35.9 Å². The number of ether oxygens (including phenoxy) is 6. The summed E-state index contributed by atoms with van der Waals surface area (Å²) in [6, 6.07) is 25.2. The third-order valence-corrected chi connectivity index (χ3v) is 11.1. The van der Waals surface area contributed by atoms with Crippen molar-refractivity contribution in [2.45, 2.75) is 43.5 Å². The number of fused-ring (bicyclic) bond motifs is 3. The van der Waals surface area contributed by atoms with Crippen LogP contribution in [-0.2, 0) is 15.1 Å². The topological polar surface area (TPSA) is 95.9 Å². The molecule has 52 heavy (non-hydrogen) atoms. The number of piperidine rings is 1. The number of likely N-dealkylation sites (tertiary alicyclic amines) is 1. The van der Waals surface area contributed by atoms with Crippen LogP contribution in [0.5, 0.6) is 23.0 Å². The maximum atomic E-state index is 12.9. The number of Topliss-reactive ketones (excluding diaryl/α,β-unsaturated/α-hetero) is 1. The number of carbonyl (C=O) groups is 1. The summed E-state index contributed by atoms with van der Waals surface area (Å²) >= 11 is 5.92. The largest absolute Gasteiger partial charge is 0.454 e. The van der Waals surface area contributed by atoms with E-state index in [1.165, 1.54) is 24.3 Å². The van der Waals surface area contributed by atoms with E-state index in [1.807, 2.05) is 48.5 Å². The molecule has 5 aliphatic rings. The number of hydrogen-bond acceptors (Lipinski definition) is 9. The van der Waals surface area contributed by atoms with E-state index in [0.717, 1.165) is 65.7 Å². The van der Waals surface area contributed by atoms with Gasteiger partial charge in [-0.25, -0.2) is 4.39 Å². The summed E-state index contributed by atoms with van der Waals surface area (Å²) in [7, 11) is 0. The second-order valence-corrected chi connectivity index (χ2v) is 14.4. The highest BCUT2D eigenvalue weighted by Gasteiger charge is 2.48. The highest BCUT2D eigenvalue weighted by Crippen LogP contribution is 2.52. The van der Waals surface area contributed by atoms with E-state index in [4.69, 9.17) is 40.0 Å². The summed E-state index contributed by atoms with van der Waals surface area (Å²) in [6.07, 6.45) is 2.59. The number of nitrogens with zero attached hydrogens (tertiary/aromatic N) is 1. The second-order valence-electron chi connectivity index (χ2n) is 14.0. The van der Waals surface area contributed by atoms with Crippen LogP contribution in [-0.4, -0.2) is 62.2 Å². The molecule has 0 aliphatic carbocycles. The van der Waals surface area contributed by atoms with Crippen molar-refractivity contribution in [3.05, 3.63) is 118 Å². The van der Waals surface area contributed by atoms with Gasteiger partial charge in [0.25, 0.3) is 0 Å². The lowest BCUT2D eigenvalue weighted by Gasteiger charge is -2.38. The zero-order valence-corrected chi connectivity index (χ0v) is 29.4. The standard InChI is InChI=1S/C21H23ClFNO2.C20H18O6/c22-18-7-5-17(6-8-18)21(26)11-14-24(15-12-21)13-1-2-20(25)16-3-9-19(23)10-4-16;1-3-15-17(25-9-23-15)5-11(1)19-13-7-22-20(14(13)8-21-19)12-2-4-16-18(6-12)26-10-24-16/h3-10,26H,1-2,11-15H2;1-6,13-14,19-20H,7-10H2. The average molecular weight is 730 g/mol. The summed E-state index contributed by atoms with van der Waals surface area (Å²) in [6.45, 7) is 4.35. The fraction of sp³-hybridized carbons (Fsp3) is 0.390. The maximum absolute atomic E-state index is 12.9. The highest BCUT2D eigenvalue weighted by atomic mass is 35.5. The Hall–Kier alpha value is -4.19. The molecule has 272 valence electrons. The first-order valence-electron chi connectivity index (χ1n) is 17.8. The molecule has 5 aliphatic heterocycles. The Kier molecular flexibility index (Phi) is 10.1. The molecular weight excluding hydrogens is 689 g/mol. The first-order valence-corrected chi connectivity index (χ1v) is 18.2. The highest BCUT2D eigenvalue weighted by molar-refractivity contribution is 6.30. The van der Waals surface area contributed by atoms with E-state index in [1.54, 1.807) is 0 Å². The number of rotatable bonds is 8. The first-order chi connectivity index (χ1) is 25.3. The van der Waals surface area contributed by atoms with Crippen LogP contribution in [0.3, 0.4) is 0 Å². The Bertz CT molecular complexity index is 1810. The van der Waals surface area contributed by atoms with Gasteiger partial charge in [0.15, 0.2) is 28.8 Å². The molecule has 9 nitrogen and oxygen atoms in total. The molecule has 1 N–H and O–H groups in total. The summed E-state index contributed by atoms with van der Waals surface area (Å²) < 4.78 is 47.1. The fourth-order valence-electron chi connectivity index (χ4n) is 7.85. The van der Waals surface area contributed by atoms with Gasteiger partial charge in [0.2, 0.25) is 13.6 Å². The zero-order chi connectivity index (χ0) is 35.7. The van der Waals surface area contributed by atoms with Crippen LogP contribution in [0, 0.1) is 17.7 Å². The van der Waals surface area contributed by atoms with Gasteiger partial charge in [-0.05, 0) is 103 Å². The fourth-order valence-corrected chi connectivity index (χ4v) is 7.98. The number of benzene rings is 4. The average Bonchev–Trinajstić information content (AvgIpc) is 3.98. The van der Waals surface area contributed by atoms with Gasteiger partial charge in [-0.2, -0.15) is 0 Å². The van der Waals surface area contributed by atoms with E-state index in [2.05, 4.69) is 17.0 Å². The molecule has 0 saturated carbocycles. The molecule has 11 heteroatoms. The number of aliphatic hydroxyl groups is 1. The van der Waals surface area contributed by atoms with E-state index in [9.17, 15) is 14.3 Å². The van der Waals surface area contributed by atoms with Gasteiger partial charge in [0.1, 0.15) is 5.82 Å². The lowest BCUT2D eigenvalue weighted by Crippen LogP contribution is -2.42. The third-order valence-electron chi connectivity index (χ3n) is 10.8. The van der Waals surface area contributed by atoms with Gasteiger partial charge in [0.05, 0.1) is 31.0 Å². The molecule has 0 radical (unpaired) electrons. The minimum atomic E-state index is -0.801. The third kappa shape index (κ3) is 7.36. The van der Waals surface area contributed by atoms with E-state index in [-0.39, 0.29) is 37.4 Å². The van der Waals surface area contributed by atoms with Gasteiger partial charge in [-0.3, -0.25) is 4.79 Å². The Morgan fingerprint density at radius 1 is 0.750 bits per heavy atom. The molecule has 0 aromatic heterocycles. The summed E-state index contributed by atoms with van der Waals surface area (Å²) in [5.74, 6) is 3.54. The van der Waals surface area contributed by atoms with Crippen molar-refractivity contribution in [3.63, 3.8) is 0 Å². The molecule has 3 saturated heterocycles. The molecule has 4 atom stereocenters. The van der Waals surface area contributed by atoms with Gasteiger partial charge in [0, 0.05) is 41.9 Å². The maximum Gasteiger partial charge on any atom is 0.231 e. The van der Waals surface area contributed by atoms with E-state index < -0.39 is 5.60 Å². The molecule has 0 spiro atoms. The van der Waals surface area contributed by atoms with E-state index >= 15 is 0 Å². The number of carbonyl (C=O) groups excluding carboxylic acids is 1. The molecule has 4 aromatic rings. The Morgan fingerprint density at radius 3 is 1.85 bits per heavy atom. The second kappa shape index (κ2) is 15.0. The molecule has 0 bridgehead atoms. The van der Waals surface area contributed by atoms with Crippen LogP contribution >= 0.6 is 11.6 Å². The van der Waals surface area contributed by atoms with Crippen molar-refractivity contribution in [1.29, 1.82) is 0 Å². The van der Waals surface area contributed by atoms with Crippen molar-refractivity contribution >= 4 is 17.4 Å². The van der Waals surface area contributed by atoms with Crippen LogP contribution in [0.25, 0.3) is 0 Å². The Labute approximate surface area is 307 Å². The lowest BCUT2D eigenvalue weighted by atomic mass is 9.84. The minimum Gasteiger partial charge on any atom is -0.454 e. The van der Waals surface area contributed by atoms with Crippen LogP contribution < -0.4 is 18.9 Å². The van der Waals surface area contributed by atoms with Crippen molar-refractivity contribution in [2.24, 2.45) is 11.8 Å². The molecule has 4 aromatic carbocycles. The van der Waals surface area contributed by atoms with Crippen molar-refractivity contribution in [2.75, 3.05) is 46.4 Å². The number of hydrogen-bond donors (Lipinski definition) is 1. The quantitative estimate of drug-likeness (QED) is 0.184. The summed E-state index contributed by atoms with van der Waals surface area (Å²) in [5, 5.41) is 11.5. The van der Waals surface area contributed by atoms with Gasteiger partial charge in [-0.15, -0.1) is 0 Å². The summed E-state index contributed by atoms with van der Waals surface area (Å²) in [4.78, 5) is 14.4. The number of halogens is 2. The molecular formula is C41H41ClFNO8. The van der Waals surface area contributed by atoms with Crippen molar-refractivity contribution in [3.8, 4) is 23.0 Å². The zero-order valence-electron chi connectivity index (χ0n) is 28.7. The molecule has 5 heterocycles. The first kappa shape index (κ1) is 34.9. The molecule has 9 rings (SSSR count). The molecule has 4 unspecified atom stereocenters. The van der Waals surface area contributed by atoms with Crippen LogP contribution in [0.2, 0.25) is 5.02 Å². The van der Waals surface area contributed by atoms with Crippen LogP contribution in [0.4, 0.5) is 4.39 Å². The van der Waals surface area contributed by atoms with Crippen LogP contribution in [0.15, 0.2) is 84.9 Å².